The van der Waals surface area contributed by atoms with Crippen LogP contribution in [-0.4, -0.2) is 50.4 Å². The predicted molar refractivity (Wildman–Crippen MR) is 94.4 cm³/mol. The standard InChI is InChI=1S/C18H24N4O3/c1-2-13-7-3-4-9-15(13)22-19-16(18(24)25)17(20-22)21-11-6-5-8-14(21)10-12-23/h3-4,7,9,14,23H,2,5-6,8,10-12H2,1H3,(H,24,25). The van der Waals surface area contributed by atoms with E-state index in [0.29, 0.717) is 12.2 Å². The number of aryl methyl sites for hydroxylation is 1. The van der Waals surface area contributed by atoms with Crippen LogP contribution in [-0.2, 0) is 6.42 Å². The molecule has 0 saturated carbocycles. The Bertz CT molecular complexity index is 742. The maximum absolute atomic E-state index is 11.7. The number of anilines is 1. The molecule has 1 aromatic heterocycles. The summed E-state index contributed by atoms with van der Waals surface area (Å²) in [6.07, 6.45) is 4.41. The van der Waals surface area contributed by atoms with Crippen molar-refractivity contribution < 1.29 is 15.0 Å². The summed E-state index contributed by atoms with van der Waals surface area (Å²) >= 11 is 0. The number of aromatic nitrogens is 3. The molecule has 1 aliphatic rings. The van der Waals surface area contributed by atoms with E-state index in [0.717, 1.165) is 43.5 Å². The molecule has 1 atom stereocenters. The number of aliphatic hydroxyl groups is 1. The van der Waals surface area contributed by atoms with E-state index in [9.17, 15) is 15.0 Å². The second-order valence-corrected chi connectivity index (χ2v) is 6.30. The molecular weight excluding hydrogens is 320 g/mol. The molecular formula is C18H24N4O3. The number of aliphatic hydroxyl groups excluding tert-OH is 1. The first-order chi connectivity index (χ1) is 12.2. The van der Waals surface area contributed by atoms with Gasteiger partial charge in [0.15, 0.2) is 5.82 Å². The minimum atomic E-state index is -1.08. The zero-order chi connectivity index (χ0) is 17.8. The Kier molecular flexibility index (Phi) is 5.33. The van der Waals surface area contributed by atoms with Crippen molar-refractivity contribution in [2.45, 2.75) is 45.1 Å². The zero-order valence-corrected chi connectivity index (χ0v) is 14.4. The Morgan fingerprint density at radius 2 is 2.08 bits per heavy atom. The van der Waals surface area contributed by atoms with Gasteiger partial charge in [-0.05, 0) is 43.7 Å². The number of carbonyl (C=O) groups is 1. The number of aromatic carboxylic acids is 1. The third-order valence-corrected chi connectivity index (χ3v) is 4.75. The van der Waals surface area contributed by atoms with Gasteiger partial charge in [-0.1, -0.05) is 25.1 Å². The number of carboxylic acids is 1. The number of piperidine rings is 1. The second-order valence-electron chi connectivity index (χ2n) is 6.30. The first-order valence-corrected chi connectivity index (χ1v) is 8.82. The van der Waals surface area contributed by atoms with E-state index in [1.54, 1.807) is 0 Å². The first-order valence-electron chi connectivity index (χ1n) is 8.82. The van der Waals surface area contributed by atoms with Crippen molar-refractivity contribution >= 4 is 11.8 Å². The third-order valence-electron chi connectivity index (χ3n) is 4.75. The summed E-state index contributed by atoms with van der Waals surface area (Å²) in [7, 11) is 0. The van der Waals surface area contributed by atoms with E-state index in [-0.39, 0.29) is 18.3 Å². The molecule has 25 heavy (non-hydrogen) atoms. The third kappa shape index (κ3) is 3.51. The van der Waals surface area contributed by atoms with Crippen LogP contribution in [0.5, 0.6) is 0 Å². The van der Waals surface area contributed by atoms with Gasteiger partial charge >= 0.3 is 5.97 Å². The number of hydrogen-bond acceptors (Lipinski definition) is 5. The van der Waals surface area contributed by atoms with Gasteiger partial charge in [0.2, 0.25) is 5.69 Å². The highest BCUT2D eigenvalue weighted by Crippen LogP contribution is 2.28. The monoisotopic (exact) mass is 344 g/mol. The average Bonchev–Trinajstić information content (AvgIpc) is 3.08. The maximum atomic E-state index is 11.7. The molecule has 134 valence electrons. The molecule has 0 aliphatic carbocycles. The van der Waals surface area contributed by atoms with Crippen LogP contribution in [0.3, 0.4) is 0 Å². The second kappa shape index (κ2) is 7.65. The lowest BCUT2D eigenvalue weighted by Crippen LogP contribution is -2.41. The Morgan fingerprint density at radius 1 is 1.28 bits per heavy atom. The molecule has 1 unspecified atom stereocenters. The maximum Gasteiger partial charge on any atom is 0.360 e. The topological polar surface area (TPSA) is 91.5 Å². The molecule has 1 aliphatic heterocycles. The number of nitrogens with zero attached hydrogens (tertiary/aromatic N) is 4. The van der Waals surface area contributed by atoms with Crippen LogP contribution in [0.15, 0.2) is 24.3 Å². The van der Waals surface area contributed by atoms with E-state index in [1.165, 1.54) is 4.80 Å². The smallest absolute Gasteiger partial charge is 0.360 e. The average molecular weight is 344 g/mol. The quantitative estimate of drug-likeness (QED) is 0.835. The number of rotatable bonds is 6. The predicted octanol–water partition coefficient (Wildman–Crippen LogP) is 2.27. The molecule has 0 spiro atoms. The molecule has 1 saturated heterocycles. The summed E-state index contributed by atoms with van der Waals surface area (Å²) in [5, 5.41) is 27.7. The fourth-order valence-electron chi connectivity index (χ4n) is 3.47. The Morgan fingerprint density at radius 3 is 2.80 bits per heavy atom. The van der Waals surface area contributed by atoms with Gasteiger partial charge in [-0.15, -0.1) is 15.0 Å². The van der Waals surface area contributed by atoms with Crippen LogP contribution >= 0.6 is 0 Å². The van der Waals surface area contributed by atoms with E-state index in [2.05, 4.69) is 10.2 Å². The zero-order valence-electron chi connectivity index (χ0n) is 14.4. The largest absolute Gasteiger partial charge is 0.476 e. The molecule has 1 fully saturated rings. The lowest BCUT2D eigenvalue weighted by molar-refractivity contribution is 0.0690. The van der Waals surface area contributed by atoms with Gasteiger partial charge in [0.1, 0.15) is 0 Å². The highest BCUT2D eigenvalue weighted by atomic mass is 16.4. The van der Waals surface area contributed by atoms with Crippen LogP contribution in [0.4, 0.5) is 5.82 Å². The van der Waals surface area contributed by atoms with Crippen LogP contribution in [0.25, 0.3) is 5.69 Å². The van der Waals surface area contributed by atoms with E-state index < -0.39 is 5.97 Å². The van der Waals surface area contributed by atoms with Gasteiger partial charge < -0.3 is 15.1 Å². The van der Waals surface area contributed by atoms with Gasteiger partial charge in [-0.25, -0.2) is 4.79 Å². The molecule has 2 heterocycles. The summed E-state index contributed by atoms with van der Waals surface area (Å²) < 4.78 is 0. The molecule has 0 bridgehead atoms. The molecule has 2 N–H and O–H groups in total. The summed E-state index contributed by atoms with van der Waals surface area (Å²) in [4.78, 5) is 15.2. The number of para-hydroxylation sites is 1. The molecule has 0 radical (unpaired) electrons. The summed E-state index contributed by atoms with van der Waals surface area (Å²) in [5.41, 5.74) is 1.83. The van der Waals surface area contributed by atoms with Crippen molar-refractivity contribution in [1.29, 1.82) is 0 Å². The van der Waals surface area contributed by atoms with Crippen molar-refractivity contribution in [1.82, 2.24) is 15.0 Å². The fraction of sp³-hybridized carbons (Fsp3) is 0.500. The van der Waals surface area contributed by atoms with Gasteiger partial charge in [-0.2, -0.15) is 0 Å². The summed E-state index contributed by atoms with van der Waals surface area (Å²) in [6, 6.07) is 7.84. The normalized spacial score (nSPS) is 17.7. The Hall–Kier alpha value is -2.41. The van der Waals surface area contributed by atoms with Crippen LogP contribution in [0.1, 0.15) is 48.7 Å². The van der Waals surface area contributed by atoms with Gasteiger partial charge in [0, 0.05) is 19.2 Å². The number of carboxylic acid groups (broad SMARTS) is 1. The molecule has 3 rings (SSSR count). The minimum Gasteiger partial charge on any atom is -0.476 e. The van der Waals surface area contributed by atoms with Crippen LogP contribution in [0.2, 0.25) is 0 Å². The van der Waals surface area contributed by atoms with Crippen molar-refractivity contribution in [3.63, 3.8) is 0 Å². The number of benzene rings is 1. The van der Waals surface area contributed by atoms with Gasteiger partial charge in [0.25, 0.3) is 0 Å². The van der Waals surface area contributed by atoms with Crippen molar-refractivity contribution in [3.8, 4) is 5.69 Å². The SMILES string of the molecule is CCc1ccccc1-n1nc(C(=O)O)c(N2CCCCC2CCO)n1. The Labute approximate surface area is 146 Å². The van der Waals surface area contributed by atoms with E-state index in [4.69, 9.17) is 0 Å². The molecule has 2 aromatic rings. The van der Waals surface area contributed by atoms with Crippen molar-refractivity contribution in [2.75, 3.05) is 18.1 Å². The lowest BCUT2D eigenvalue weighted by Gasteiger charge is -2.35. The first kappa shape index (κ1) is 17.4. The molecule has 7 nitrogen and oxygen atoms in total. The van der Waals surface area contributed by atoms with Crippen LogP contribution in [0, 0.1) is 0 Å². The van der Waals surface area contributed by atoms with E-state index >= 15 is 0 Å². The Balaban J connectivity index is 2.04. The fourth-order valence-corrected chi connectivity index (χ4v) is 3.47. The summed E-state index contributed by atoms with van der Waals surface area (Å²) in [6.45, 7) is 2.86. The van der Waals surface area contributed by atoms with E-state index in [1.807, 2.05) is 36.1 Å². The lowest BCUT2D eigenvalue weighted by atomic mass is 9.99. The molecule has 7 heteroatoms. The van der Waals surface area contributed by atoms with Gasteiger partial charge in [0.05, 0.1) is 5.69 Å². The highest BCUT2D eigenvalue weighted by Gasteiger charge is 2.30. The summed E-state index contributed by atoms with van der Waals surface area (Å²) in [5.74, 6) is -0.680. The molecule has 1 aromatic carbocycles. The minimum absolute atomic E-state index is 0.0317. The van der Waals surface area contributed by atoms with Crippen molar-refractivity contribution in [3.05, 3.63) is 35.5 Å². The van der Waals surface area contributed by atoms with Crippen molar-refractivity contribution in [2.24, 2.45) is 0 Å². The number of hydrogen-bond donors (Lipinski definition) is 2. The molecule has 0 amide bonds. The highest BCUT2D eigenvalue weighted by molar-refractivity contribution is 5.91. The van der Waals surface area contributed by atoms with Crippen LogP contribution < -0.4 is 4.90 Å². The van der Waals surface area contributed by atoms with Gasteiger partial charge in [-0.3, -0.25) is 0 Å².